The molecule has 1 aromatic heterocycles. The molecule has 2 rings (SSSR count). The Kier molecular flexibility index (Phi) is 2.58. The van der Waals surface area contributed by atoms with E-state index in [0.29, 0.717) is 10.4 Å². The lowest BCUT2D eigenvalue weighted by atomic mass is 10.2. The summed E-state index contributed by atoms with van der Waals surface area (Å²) in [6.07, 6.45) is 0. The van der Waals surface area contributed by atoms with Gasteiger partial charge in [0.2, 0.25) is 0 Å². The third-order valence-corrected chi connectivity index (χ3v) is 3.87. The number of aromatic nitrogens is 1. The molecule has 0 aliphatic heterocycles. The van der Waals surface area contributed by atoms with Crippen LogP contribution in [0.3, 0.4) is 0 Å². The summed E-state index contributed by atoms with van der Waals surface area (Å²) in [6, 6.07) is 3.26. The molecule has 0 bridgehead atoms. The highest BCUT2D eigenvalue weighted by molar-refractivity contribution is 9.10. The number of fused-ring (bicyclic) bond motifs is 1. The summed E-state index contributed by atoms with van der Waals surface area (Å²) in [7, 11) is 0. The maximum Gasteiger partial charge on any atom is 0.138 e. The average molecular weight is 274 g/mol. The van der Waals surface area contributed by atoms with Crippen LogP contribution in [0.2, 0.25) is 0 Å². The molecule has 1 heterocycles. The third kappa shape index (κ3) is 1.68. The van der Waals surface area contributed by atoms with Crippen molar-refractivity contribution in [1.82, 2.24) is 4.98 Å². The minimum atomic E-state index is -0.226. The minimum Gasteiger partial charge on any atom is -0.241 e. The Morgan fingerprint density at radius 3 is 2.79 bits per heavy atom. The molecule has 0 unspecified atom stereocenters. The highest BCUT2D eigenvalue weighted by atomic mass is 79.9. The summed E-state index contributed by atoms with van der Waals surface area (Å²) in [6.45, 7) is 4.17. The van der Waals surface area contributed by atoms with Gasteiger partial charge in [-0.2, -0.15) is 0 Å². The molecule has 0 N–H and O–H groups in total. The summed E-state index contributed by atoms with van der Waals surface area (Å²) in [5.41, 5.74) is 0.868. The van der Waals surface area contributed by atoms with Crippen molar-refractivity contribution in [3.63, 3.8) is 0 Å². The van der Waals surface area contributed by atoms with Crippen molar-refractivity contribution in [2.24, 2.45) is 0 Å². The maximum absolute atomic E-state index is 13.2. The van der Waals surface area contributed by atoms with Gasteiger partial charge in [-0.3, -0.25) is 0 Å². The molecule has 0 amide bonds. The van der Waals surface area contributed by atoms with Crippen LogP contribution in [0.15, 0.2) is 16.6 Å². The second-order valence-electron chi connectivity index (χ2n) is 3.44. The second kappa shape index (κ2) is 3.59. The predicted molar refractivity (Wildman–Crippen MR) is 61.4 cm³/mol. The lowest BCUT2D eigenvalue weighted by Crippen LogP contribution is -1.83. The van der Waals surface area contributed by atoms with E-state index in [1.165, 1.54) is 6.07 Å². The number of benzene rings is 1. The number of rotatable bonds is 1. The van der Waals surface area contributed by atoms with Gasteiger partial charge in [0, 0.05) is 5.92 Å². The molecule has 0 fully saturated rings. The number of thiazole rings is 1. The average Bonchev–Trinajstić information content (AvgIpc) is 2.48. The first-order valence-corrected chi connectivity index (χ1v) is 5.94. The molecule has 0 saturated heterocycles. The van der Waals surface area contributed by atoms with Crippen LogP contribution in [-0.2, 0) is 0 Å². The van der Waals surface area contributed by atoms with Gasteiger partial charge < -0.3 is 0 Å². The SMILES string of the molecule is CC(C)c1nc2cc(Br)c(F)cc2s1. The zero-order chi connectivity index (χ0) is 10.3. The van der Waals surface area contributed by atoms with Crippen LogP contribution in [0.5, 0.6) is 0 Å². The molecule has 0 aliphatic rings. The van der Waals surface area contributed by atoms with Crippen molar-refractivity contribution in [3.05, 3.63) is 27.4 Å². The van der Waals surface area contributed by atoms with E-state index in [1.54, 1.807) is 17.4 Å². The van der Waals surface area contributed by atoms with E-state index < -0.39 is 0 Å². The second-order valence-corrected chi connectivity index (χ2v) is 5.36. The Morgan fingerprint density at radius 1 is 1.43 bits per heavy atom. The van der Waals surface area contributed by atoms with E-state index in [1.807, 2.05) is 0 Å². The van der Waals surface area contributed by atoms with E-state index in [0.717, 1.165) is 15.2 Å². The van der Waals surface area contributed by atoms with Crippen molar-refractivity contribution in [2.45, 2.75) is 19.8 Å². The number of nitrogens with zero attached hydrogens (tertiary/aromatic N) is 1. The van der Waals surface area contributed by atoms with Crippen LogP contribution in [0.1, 0.15) is 24.8 Å². The molecule has 4 heteroatoms. The lowest BCUT2D eigenvalue weighted by molar-refractivity contribution is 0.623. The molecule has 0 spiro atoms. The number of halogens is 2. The van der Waals surface area contributed by atoms with Gasteiger partial charge in [0.25, 0.3) is 0 Å². The first kappa shape index (κ1) is 10.1. The topological polar surface area (TPSA) is 12.9 Å². The summed E-state index contributed by atoms with van der Waals surface area (Å²) < 4.78 is 14.6. The Balaban J connectivity index is 2.66. The molecule has 14 heavy (non-hydrogen) atoms. The zero-order valence-corrected chi connectivity index (χ0v) is 10.2. The quantitative estimate of drug-likeness (QED) is 0.754. The van der Waals surface area contributed by atoms with E-state index in [-0.39, 0.29) is 5.82 Å². The molecule has 74 valence electrons. The fraction of sp³-hybridized carbons (Fsp3) is 0.300. The Hall–Kier alpha value is -0.480. The smallest absolute Gasteiger partial charge is 0.138 e. The van der Waals surface area contributed by atoms with Crippen LogP contribution < -0.4 is 0 Å². The van der Waals surface area contributed by atoms with Gasteiger partial charge >= 0.3 is 0 Å². The maximum atomic E-state index is 13.2. The van der Waals surface area contributed by atoms with Crippen molar-refractivity contribution in [2.75, 3.05) is 0 Å². The fourth-order valence-electron chi connectivity index (χ4n) is 1.19. The molecule has 1 nitrogen and oxygen atoms in total. The van der Waals surface area contributed by atoms with Crippen molar-refractivity contribution < 1.29 is 4.39 Å². The minimum absolute atomic E-state index is 0.226. The van der Waals surface area contributed by atoms with E-state index in [4.69, 9.17) is 0 Å². The molecule has 0 saturated carbocycles. The van der Waals surface area contributed by atoms with Crippen molar-refractivity contribution in [1.29, 1.82) is 0 Å². The number of hydrogen-bond donors (Lipinski definition) is 0. The van der Waals surface area contributed by atoms with Crippen LogP contribution in [-0.4, -0.2) is 4.98 Å². The van der Waals surface area contributed by atoms with E-state index >= 15 is 0 Å². The fourth-order valence-corrected chi connectivity index (χ4v) is 2.50. The molecule has 0 atom stereocenters. The lowest BCUT2D eigenvalue weighted by Gasteiger charge is -1.94. The highest BCUT2D eigenvalue weighted by Gasteiger charge is 2.09. The van der Waals surface area contributed by atoms with Gasteiger partial charge in [-0.25, -0.2) is 9.37 Å². The number of hydrogen-bond acceptors (Lipinski definition) is 2. The largest absolute Gasteiger partial charge is 0.241 e. The standard InChI is InChI=1S/C10H9BrFNS/c1-5(2)10-13-8-3-6(11)7(12)4-9(8)14-10/h3-5H,1-2H3. The zero-order valence-electron chi connectivity index (χ0n) is 7.84. The monoisotopic (exact) mass is 273 g/mol. The normalized spacial score (nSPS) is 11.5. The Bertz CT molecular complexity index is 439. The summed E-state index contributed by atoms with van der Waals surface area (Å²) in [5, 5.41) is 1.05. The van der Waals surface area contributed by atoms with E-state index in [9.17, 15) is 4.39 Å². The van der Waals surface area contributed by atoms with Crippen molar-refractivity contribution in [3.8, 4) is 0 Å². The molecular formula is C10H9BrFNS. The van der Waals surface area contributed by atoms with Gasteiger partial charge in [-0.15, -0.1) is 11.3 Å². The van der Waals surface area contributed by atoms with Gasteiger partial charge in [-0.1, -0.05) is 13.8 Å². The Morgan fingerprint density at radius 2 is 2.14 bits per heavy atom. The van der Waals surface area contributed by atoms with E-state index in [2.05, 4.69) is 34.8 Å². The molecule has 2 aromatic rings. The third-order valence-electron chi connectivity index (χ3n) is 1.94. The molecule has 0 radical (unpaired) electrons. The van der Waals surface area contributed by atoms with Crippen LogP contribution in [0, 0.1) is 5.82 Å². The van der Waals surface area contributed by atoms with Gasteiger partial charge in [0.1, 0.15) is 5.82 Å². The first-order chi connectivity index (χ1) is 6.58. The summed E-state index contributed by atoms with van der Waals surface area (Å²) in [5.74, 6) is 0.172. The highest BCUT2D eigenvalue weighted by Crippen LogP contribution is 2.30. The van der Waals surface area contributed by atoms with Crippen LogP contribution in [0.25, 0.3) is 10.2 Å². The molecular weight excluding hydrogens is 265 g/mol. The van der Waals surface area contributed by atoms with Gasteiger partial charge in [0.05, 0.1) is 19.7 Å². The molecule has 0 aliphatic carbocycles. The Labute approximate surface area is 94.1 Å². The predicted octanol–water partition coefficient (Wildman–Crippen LogP) is 4.32. The van der Waals surface area contributed by atoms with Gasteiger partial charge in [0.15, 0.2) is 0 Å². The first-order valence-electron chi connectivity index (χ1n) is 4.33. The van der Waals surface area contributed by atoms with Gasteiger partial charge in [-0.05, 0) is 28.1 Å². The molecule has 1 aromatic carbocycles. The van der Waals surface area contributed by atoms with Crippen molar-refractivity contribution >= 4 is 37.5 Å². The van der Waals surface area contributed by atoms with Crippen LogP contribution >= 0.6 is 27.3 Å². The van der Waals surface area contributed by atoms with Crippen LogP contribution in [0.4, 0.5) is 4.39 Å². The summed E-state index contributed by atoms with van der Waals surface area (Å²) >= 11 is 4.71. The summed E-state index contributed by atoms with van der Waals surface area (Å²) in [4.78, 5) is 4.44.